The maximum Gasteiger partial charge on any atom is 0.231 e. The lowest BCUT2D eigenvalue weighted by atomic mass is 9.97. The molecule has 0 aliphatic carbocycles. The molecule has 22 heavy (non-hydrogen) atoms. The Balaban J connectivity index is 1.63. The minimum absolute atomic E-state index is 0.131. The van der Waals surface area contributed by atoms with E-state index in [1.165, 1.54) is 0 Å². The highest BCUT2D eigenvalue weighted by Gasteiger charge is 2.28. The summed E-state index contributed by atoms with van der Waals surface area (Å²) in [6.45, 7) is 5.19. The average Bonchev–Trinajstić information content (AvgIpc) is 2.96. The van der Waals surface area contributed by atoms with E-state index in [4.69, 9.17) is 4.52 Å². The first-order valence-electron chi connectivity index (χ1n) is 7.61. The van der Waals surface area contributed by atoms with Crippen molar-refractivity contribution in [3.63, 3.8) is 0 Å². The molecule has 6 nitrogen and oxygen atoms in total. The molecule has 0 saturated carbocycles. The number of likely N-dealkylation sites (tertiary alicyclic amines) is 1. The Kier molecular flexibility index (Phi) is 4.18. The monoisotopic (exact) mass is 300 g/mol. The van der Waals surface area contributed by atoms with E-state index in [-0.39, 0.29) is 11.8 Å². The van der Waals surface area contributed by atoms with Crippen LogP contribution < -0.4 is 0 Å². The summed E-state index contributed by atoms with van der Waals surface area (Å²) in [5.41, 5.74) is 1.91. The van der Waals surface area contributed by atoms with Gasteiger partial charge in [0.05, 0.1) is 12.3 Å². The van der Waals surface area contributed by atoms with Crippen molar-refractivity contribution in [3.05, 3.63) is 41.3 Å². The molecule has 116 valence electrons. The molecular formula is C16H20N4O2. The Labute approximate surface area is 129 Å². The third-order valence-corrected chi connectivity index (χ3v) is 3.99. The van der Waals surface area contributed by atoms with Gasteiger partial charge in [-0.05, 0) is 38.3 Å². The second-order valence-electron chi connectivity index (χ2n) is 5.84. The molecule has 0 bridgehead atoms. The summed E-state index contributed by atoms with van der Waals surface area (Å²) in [5.74, 6) is 1.57. The molecule has 0 spiro atoms. The lowest BCUT2D eigenvalue weighted by molar-refractivity contribution is -0.131. The summed E-state index contributed by atoms with van der Waals surface area (Å²) in [5, 5.41) is 3.84. The summed E-state index contributed by atoms with van der Waals surface area (Å²) in [4.78, 5) is 22.9. The minimum Gasteiger partial charge on any atom is -0.342 e. The fourth-order valence-electron chi connectivity index (χ4n) is 2.77. The Hall–Kier alpha value is -2.24. The molecule has 1 fully saturated rings. The van der Waals surface area contributed by atoms with Crippen LogP contribution in [0.25, 0.3) is 0 Å². The fraction of sp³-hybridized carbons (Fsp3) is 0.500. The summed E-state index contributed by atoms with van der Waals surface area (Å²) in [7, 11) is 0. The van der Waals surface area contributed by atoms with Crippen LogP contribution in [0.2, 0.25) is 0 Å². The van der Waals surface area contributed by atoms with Crippen LogP contribution in [0.3, 0.4) is 0 Å². The molecule has 1 atom stereocenters. The summed E-state index contributed by atoms with van der Waals surface area (Å²) >= 11 is 0. The maximum atomic E-state index is 12.5. The number of piperidine rings is 1. The van der Waals surface area contributed by atoms with Gasteiger partial charge in [0, 0.05) is 25.0 Å². The first kappa shape index (κ1) is 14.7. The number of hydrogen-bond donors (Lipinski definition) is 0. The molecule has 1 saturated heterocycles. The first-order chi connectivity index (χ1) is 10.6. The molecule has 1 amide bonds. The van der Waals surface area contributed by atoms with Crippen LogP contribution in [0.4, 0.5) is 0 Å². The van der Waals surface area contributed by atoms with Crippen LogP contribution in [0.1, 0.15) is 41.7 Å². The topological polar surface area (TPSA) is 72.1 Å². The number of aryl methyl sites for hydroxylation is 2. The Morgan fingerprint density at radius 3 is 2.95 bits per heavy atom. The number of aromatic nitrogens is 3. The van der Waals surface area contributed by atoms with Crippen molar-refractivity contribution < 1.29 is 9.32 Å². The van der Waals surface area contributed by atoms with Gasteiger partial charge in [0.1, 0.15) is 0 Å². The SMILES string of the molecule is Cc1ccc(CC(=O)N2CCC[C@@H](c3nc(C)no3)C2)cn1. The lowest BCUT2D eigenvalue weighted by Gasteiger charge is -2.31. The predicted molar refractivity (Wildman–Crippen MR) is 80.3 cm³/mol. The first-order valence-corrected chi connectivity index (χ1v) is 7.61. The molecular weight excluding hydrogens is 280 g/mol. The van der Waals surface area contributed by atoms with Gasteiger partial charge in [0.2, 0.25) is 11.8 Å². The highest BCUT2D eigenvalue weighted by atomic mass is 16.5. The van der Waals surface area contributed by atoms with Crippen molar-refractivity contribution in [1.82, 2.24) is 20.0 Å². The van der Waals surface area contributed by atoms with E-state index < -0.39 is 0 Å². The number of amides is 1. The van der Waals surface area contributed by atoms with Gasteiger partial charge >= 0.3 is 0 Å². The number of rotatable bonds is 3. The number of carbonyl (C=O) groups is 1. The quantitative estimate of drug-likeness (QED) is 0.867. The van der Waals surface area contributed by atoms with Gasteiger partial charge in [-0.1, -0.05) is 11.2 Å². The molecule has 1 aliphatic rings. The Morgan fingerprint density at radius 2 is 2.27 bits per heavy atom. The van der Waals surface area contributed by atoms with Crippen LogP contribution >= 0.6 is 0 Å². The molecule has 0 N–H and O–H groups in total. The van der Waals surface area contributed by atoms with E-state index in [0.29, 0.717) is 24.7 Å². The van der Waals surface area contributed by atoms with Gasteiger partial charge in [0.15, 0.2) is 5.82 Å². The molecule has 3 rings (SSSR count). The predicted octanol–water partition coefficient (Wildman–Crippen LogP) is 2.03. The zero-order valence-electron chi connectivity index (χ0n) is 13.0. The van der Waals surface area contributed by atoms with Crippen molar-refractivity contribution in [1.29, 1.82) is 0 Å². The van der Waals surface area contributed by atoms with Crippen LogP contribution in [0.15, 0.2) is 22.9 Å². The van der Waals surface area contributed by atoms with Crippen LogP contribution in [0.5, 0.6) is 0 Å². The second-order valence-corrected chi connectivity index (χ2v) is 5.84. The van der Waals surface area contributed by atoms with Gasteiger partial charge in [-0.2, -0.15) is 4.98 Å². The zero-order chi connectivity index (χ0) is 15.5. The number of nitrogens with zero attached hydrogens (tertiary/aromatic N) is 4. The Morgan fingerprint density at radius 1 is 1.41 bits per heavy atom. The van der Waals surface area contributed by atoms with Crippen molar-refractivity contribution in [2.24, 2.45) is 0 Å². The largest absolute Gasteiger partial charge is 0.342 e. The van der Waals surface area contributed by atoms with E-state index in [0.717, 1.165) is 30.6 Å². The van der Waals surface area contributed by atoms with Gasteiger partial charge < -0.3 is 9.42 Å². The second kappa shape index (κ2) is 6.25. The fourth-order valence-corrected chi connectivity index (χ4v) is 2.77. The van der Waals surface area contributed by atoms with E-state index in [9.17, 15) is 4.79 Å². The van der Waals surface area contributed by atoms with E-state index in [1.54, 1.807) is 6.20 Å². The summed E-state index contributed by atoms with van der Waals surface area (Å²) < 4.78 is 5.25. The standard InChI is InChI=1S/C16H20N4O2/c1-11-5-6-13(9-17-11)8-15(21)20-7-3-4-14(10-20)16-18-12(2)19-22-16/h5-6,9,14H,3-4,7-8,10H2,1-2H3/t14-/m1/s1. The molecule has 0 unspecified atom stereocenters. The van der Waals surface area contributed by atoms with Crippen molar-refractivity contribution >= 4 is 5.91 Å². The van der Waals surface area contributed by atoms with Crippen LogP contribution in [0, 0.1) is 13.8 Å². The Bertz CT molecular complexity index is 650. The van der Waals surface area contributed by atoms with Crippen LogP contribution in [-0.2, 0) is 11.2 Å². The number of hydrogen-bond acceptors (Lipinski definition) is 5. The third-order valence-electron chi connectivity index (χ3n) is 3.99. The van der Waals surface area contributed by atoms with Gasteiger partial charge in [-0.15, -0.1) is 0 Å². The molecule has 3 heterocycles. The molecule has 2 aromatic rings. The van der Waals surface area contributed by atoms with Gasteiger partial charge in [-0.25, -0.2) is 0 Å². The molecule has 6 heteroatoms. The minimum atomic E-state index is 0.131. The maximum absolute atomic E-state index is 12.5. The lowest BCUT2D eigenvalue weighted by Crippen LogP contribution is -2.40. The molecule has 0 radical (unpaired) electrons. The van der Waals surface area contributed by atoms with E-state index in [2.05, 4.69) is 15.1 Å². The number of carbonyl (C=O) groups excluding carboxylic acids is 1. The van der Waals surface area contributed by atoms with Gasteiger partial charge in [0.25, 0.3) is 0 Å². The molecule has 1 aliphatic heterocycles. The molecule has 2 aromatic heterocycles. The summed E-state index contributed by atoms with van der Waals surface area (Å²) in [6, 6.07) is 3.89. The van der Waals surface area contributed by atoms with Crippen molar-refractivity contribution in [2.45, 2.75) is 39.0 Å². The average molecular weight is 300 g/mol. The number of pyridine rings is 1. The summed E-state index contributed by atoms with van der Waals surface area (Å²) in [6.07, 6.45) is 4.11. The van der Waals surface area contributed by atoms with E-state index >= 15 is 0 Å². The normalized spacial score (nSPS) is 18.5. The van der Waals surface area contributed by atoms with Gasteiger partial charge in [-0.3, -0.25) is 9.78 Å². The zero-order valence-corrected chi connectivity index (χ0v) is 13.0. The highest BCUT2D eigenvalue weighted by Crippen LogP contribution is 2.26. The van der Waals surface area contributed by atoms with Crippen molar-refractivity contribution in [2.75, 3.05) is 13.1 Å². The van der Waals surface area contributed by atoms with Crippen LogP contribution in [-0.4, -0.2) is 39.0 Å². The third kappa shape index (κ3) is 3.32. The molecule has 0 aromatic carbocycles. The smallest absolute Gasteiger partial charge is 0.231 e. The van der Waals surface area contributed by atoms with Crippen molar-refractivity contribution in [3.8, 4) is 0 Å². The van der Waals surface area contributed by atoms with E-state index in [1.807, 2.05) is 30.9 Å². The highest BCUT2D eigenvalue weighted by molar-refractivity contribution is 5.78.